The summed E-state index contributed by atoms with van der Waals surface area (Å²) in [6.07, 6.45) is 1.05. The smallest absolute Gasteiger partial charge is 0.338 e. The number of carbonyl (C=O) groups is 3. The number of sulfone groups is 1. The predicted octanol–water partition coefficient (Wildman–Crippen LogP) is 1.82. The molecule has 10 heteroatoms. The van der Waals surface area contributed by atoms with Gasteiger partial charge in [-0.1, -0.05) is 0 Å². The van der Waals surface area contributed by atoms with Crippen molar-refractivity contribution >= 4 is 33.2 Å². The topological polar surface area (TPSA) is 125 Å². The maximum atomic E-state index is 12.2. The molecule has 0 bridgehead atoms. The molecule has 0 spiro atoms. The molecule has 2 aromatic rings. The molecule has 1 amide bonds. The Morgan fingerprint density at radius 2 is 1.69 bits per heavy atom. The number of anilines is 1. The van der Waals surface area contributed by atoms with Crippen LogP contribution >= 0.6 is 0 Å². The van der Waals surface area contributed by atoms with Gasteiger partial charge in [0.25, 0.3) is 5.91 Å². The van der Waals surface area contributed by atoms with Crippen molar-refractivity contribution in [2.24, 2.45) is 0 Å². The molecule has 1 aliphatic rings. The molecule has 0 saturated heterocycles. The van der Waals surface area contributed by atoms with E-state index in [1.807, 2.05) is 0 Å². The number of rotatable bonds is 6. The Hall–Kier alpha value is -3.40. The normalized spacial score (nSPS) is 12.3. The first-order chi connectivity index (χ1) is 13.6. The lowest BCUT2D eigenvalue weighted by Crippen LogP contribution is -2.22. The lowest BCUT2D eigenvalue weighted by molar-refractivity contribution is -0.119. The van der Waals surface area contributed by atoms with E-state index >= 15 is 0 Å². The summed E-state index contributed by atoms with van der Waals surface area (Å²) >= 11 is 0. The van der Waals surface area contributed by atoms with E-state index < -0.39 is 28.3 Å². The molecule has 2 aromatic carbocycles. The molecule has 0 fully saturated rings. The first kappa shape index (κ1) is 20.3. The zero-order valence-corrected chi connectivity index (χ0v) is 16.4. The van der Waals surface area contributed by atoms with Crippen LogP contribution in [0.5, 0.6) is 11.5 Å². The molecule has 0 aromatic heterocycles. The van der Waals surface area contributed by atoms with Gasteiger partial charge in [0.1, 0.15) is 0 Å². The van der Waals surface area contributed by atoms with E-state index in [1.165, 1.54) is 43.3 Å². The fourth-order valence-corrected chi connectivity index (χ4v) is 3.21. The lowest BCUT2D eigenvalue weighted by Gasteiger charge is -2.11. The largest absolute Gasteiger partial charge is 0.454 e. The summed E-state index contributed by atoms with van der Waals surface area (Å²) in [7, 11) is -3.38. The van der Waals surface area contributed by atoms with Gasteiger partial charge in [-0.25, -0.2) is 13.2 Å². The van der Waals surface area contributed by atoms with Crippen LogP contribution in [0.1, 0.15) is 27.6 Å². The van der Waals surface area contributed by atoms with Crippen LogP contribution in [0.4, 0.5) is 5.69 Å². The van der Waals surface area contributed by atoms with Crippen molar-refractivity contribution in [3.8, 4) is 11.5 Å². The average Bonchev–Trinajstić information content (AvgIpc) is 3.12. The number of carbonyl (C=O) groups excluding carboxylic acids is 3. The van der Waals surface area contributed by atoms with Crippen LogP contribution in [0.3, 0.4) is 0 Å². The molecule has 1 heterocycles. The van der Waals surface area contributed by atoms with Gasteiger partial charge in [0.15, 0.2) is 33.7 Å². The number of amides is 1. The van der Waals surface area contributed by atoms with E-state index in [1.54, 1.807) is 0 Å². The summed E-state index contributed by atoms with van der Waals surface area (Å²) in [5.41, 5.74) is 0.531. The maximum absolute atomic E-state index is 12.2. The zero-order valence-electron chi connectivity index (χ0n) is 15.6. The highest BCUT2D eigenvalue weighted by atomic mass is 32.2. The van der Waals surface area contributed by atoms with Crippen molar-refractivity contribution in [1.29, 1.82) is 0 Å². The molecule has 1 aliphatic heterocycles. The van der Waals surface area contributed by atoms with E-state index in [0.29, 0.717) is 11.5 Å². The second-order valence-corrected chi connectivity index (χ2v) is 8.24. The van der Waals surface area contributed by atoms with Gasteiger partial charge < -0.3 is 19.5 Å². The van der Waals surface area contributed by atoms with E-state index in [-0.39, 0.29) is 34.3 Å². The van der Waals surface area contributed by atoms with Crippen LogP contribution in [0.15, 0.2) is 41.3 Å². The Labute approximate surface area is 166 Å². The number of Topliss-reactive ketones (excluding diaryl/α,β-unsaturated/α-hetero) is 1. The van der Waals surface area contributed by atoms with E-state index in [4.69, 9.17) is 14.2 Å². The number of esters is 1. The number of nitrogens with one attached hydrogen (secondary N) is 1. The van der Waals surface area contributed by atoms with Crippen LogP contribution in [-0.2, 0) is 19.4 Å². The summed E-state index contributed by atoms with van der Waals surface area (Å²) in [6, 6.07) is 8.07. The Morgan fingerprint density at radius 3 is 2.28 bits per heavy atom. The highest BCUT2D eigenvalue weighted by molar-refractivity contribution is 7.90. The second kappa shape index (κ2) is 7.92. The van der Waals surface area contributed by atoms with Crippen LogP contribution in [0, 0.1) is 0 Å². The SMILES string of the molecule is CC(=O)c1cc2c(cc1NC(=O)COC(=O)c1ccc(S(C)(=O)=O)cc1)OCO2. The average molecular weight is 419 g/mol. The standard InChI is InChI=1S/C19H17NO8S/c1-11(21)14-7-16-17(28-10-27-16)8-15(14)20-18(22)9-26-19(23)12-3-5-13(6-4-12)29(2,24)25/h3-8H,9-10H2,1-2H3,(H,20,22). The van der Waals surface area contributed by atoms with Gasteiger partial charge in [0.2, 0.25) is 6.79 Å². The third-order valence-corrected chi connectivity index (χ3v) is 5.15. The van der Waals surface area contributed by atoms with Crippen molar-refractivity contribution in [3.63, 3.8) is 0 Å². The van der Waals surface area contributed by atoms with E-state index in [2.05, 4.69) is 5.32 Å². The van der Waals surface area contributed by atoms with Crippen molar-refractivity contribution in [1.82, 2.24) is 0 Å². The van der Waals surface area contributed by atoms with Gasteiger partial charge >= 0.3 is 5.97 Å². The number of ether oxygens (including phenoxy) is 3. The van der Waals surface area contributed by atoms with Crippen molar-refractivity contribution in [2.75, 3.05) is 25.0 Å². The van der Waals surface area contributed by atoms with Gasteiger partial charge in [0, 0.05) is 17.9 Å². The van der Waals surface area contributed by atoms with Crippen molar-refractivity contribution < 1.29 is 37.0 Å². The van der Waals surface area contributed by atoms with Gasteiger partial charge in [-0.05, 0) is 37.3 Å². The minimum Gasteiger partial charge on any atom is -0.454 e. The monoisotopic (exact) mass is 419 g/mol. The lowest BCUT2D eigenvalue weighted by atomic mass is 10.1. The molecule has 3 rings (SSSR count). The van der Waals surface area contributed by atoms with Crippen LogP contribution in [0.25, 0.3) is 0 Å². The fraction of sp³-hybridized carbons (Fsp3) is 0.211. The molecular weight excluding hydrogens is 402 g/mol. The minimum atomic E-state index is -3.38. The second-order valence-electron chi connectivity index (χ2n) is 6.23. The maximum Gasteiger partial charge on any atom is 0.338 e. The van der Waals surface area contributed by atoms with E-state index in [0.717, 1.165) is 6.26 Å². The molecular formula is C19H17NO8S. The van der Waals surface area contributed by atoms with Crippen LogP contribution in [-0.4, -0.2) is 45.7 Å². The molecule has 0 aliphatic carbocycles. The van der Waals surface area contributed by atoms with E-state index in [9.17, 15) is 22.8 Å². The van der Waals surface area contributed by atoms with Gasteiger partial charge in [-0.15, -0.1) is 0 Å². The third-order valence-electron chi connectivity index (χ3n) is 4.02. The third kappa shape index (κ3) is 4.72. The summed E-state index contributed by atoms with van der Waals surface area (Å²) < 4.78 is 38.3. The summed E-state index contributed by atoms with van der Waals surface area (Å²) in [5.74, 6) is -0.961. The Morgan fingerprint density at radius 1 is 1.07 bits per heavy atom. The first-order valence-corrected chi connectivity index (χ1v) is 10.3. The predicted molar refractivity (Wildman–Crippen MR) is 101 cm³/mol. The Bertz CT molecular complexity index is 1090. The van der Waals surface area contributed by atoms with Crippen LogP contribution < -0.4 is 14.8 Å². The molecule has 0 saturated carbocycles. The van der Waals surface area contributed by atoms with Crippen LogP contribution in [0.2, 0.25) is 0 Å². The molecule has 0 radical (unpaired) electrons. The molecule has 0 unspecified atom stereocenters. The summed E-state index contributed by atoms with van der Waals surface area (Å²) in [6.45, 7) is 0.756. The molecule has 1 N–H and O–H groups in total. The van der Waals surface area contributed by atoms with Gasteiger partial charge in [0.05, 0.1) is 16.1 Å². The Kier molecular flexibility index (Phi) is 5.55. The number of fused-ring (bicyclic) bond motifs is 1. The number of hydrogen-bond acceptors (Lipinski definition) is 8. The number of ketones is 1. The number of benzene rings is 2. The van der Waals surface area contributed by atoms with Crippen molar-refractivity contribution in [3.05, 3.63) is 47.5 Å². The molecule has 29 heavy (non-hydrogen) atoms. The molecule has 9 nitrogen and oxygen atoms in total. The summed E-state index contributed by atoms with van der Waals surface area (Å²) in [5, 5.41) is 2.51. The quantitative estimate of drug-likeness (QED) is 0.555. The highest BCUT2D eigenvalue weighted by Crippen LogP contribution is 2.37. The zero-order chi connectivity index (χ0) is 21.2. The molecule has 0 atom stereocenters. The summed E-state index contributed by atoms with van der Waals surface area (Å²) in [4.78, 5) is 36.1. The fourth-order valence-electron chi connectivity index (χ4n) is 2.58. The van der Waals surface area contributed by atoms with Crippen molar-refractivity contribution in [2.45, 2.75) is 11.8 Å². The first-order valence-electron chi connectivity index (χ1n) is 8.37. The molecule has 152 valence electrons. The van der Waals surface area contributed by atoms with Gasteiger partial charge in [-0.2, -0.15) is 0 Å². The Balaban J connectivity index is 1.64. The van der Waals surface area contributed by atoms with Gasteiger partial charge in [-0.3, -0.25) is 9.59 Å². The highest BCUT2D eigenvalue weighted by Gasteiger charge is 2.21. The number of hydrogen-bond donors (Lipinski definition) is 1. The minimum absolute atomic E-state index is 0.0137.